The van der Waals surface area contributed by atoms with Crippen molar-refractivity contribution in [3.8, 4) is 11.5 Å². The summed E-state index contributed by atoms with van der Waals surface area (Å²) in [5.41, 5.74) is -0.0845. The summed E-state index contributed by atoms with van der Waals surface area (Å²) in [6.45, 7) is 5.85. The Kier molecular flexibility index (Phi) is 4.70. The molecule has 118 valence electrons. The maximum Gasteiger partial charge on any atom is 0.273 e. The Morgan fingerprint density at radius 1 is 1.23 bits per heavy atom. The van der Waals surface area contributed by atoms with Crippen molar-refractivity contribution < 1.29 is 18.7 Å². The molecule has 22 heavy (non-hydrogen) atoms. The summed E-state index contributed by atoms with van der Waals surface area (Å²) in [6.07, 6.45) is 1.33. The van der Waals surface area contributed by atoms with Crippen molar-refractivity contribution in [2.45, 2.75) is 32.9 Å². The molecule has 1 amide bonds. The Morgan fingerprint density at radius 3 is 2.45 bits per heavy atom. The van der Waals surface area contributed by atoms with Crippen molar-refractivity contribution in [2.24, 2.45) is 0 Å². The van der Waals surface area contributed by atoms with Crippen molar-refractivity contribution in [3.05, 3.63) is 42.1 Å². The number of aromatic nitrogens is 1. The number of hydrogen-bond acceptors (Lipinski definition) is 5. The summed E-state index contributed by atoms with van der Waals surface area (Å²) >= 11 is 0. The first kappa shape index (κ1) is 15.9. The van der Waals surface area contributed by atoms with E-state index < -0.39 is 0 Å². The molecule has 0 aliphatic rings. The highest BCUT2D eigenvalue weighted by molar-refractivity contribution is 5.92. The van der Waals surface area contributed by atoms with Gasteiger partial charge in [-0.25, -0.2) is 4.98 Å². The minimum atomic E-state index is -0.324. The maximum atomic E-state index is 11.9. The van der Waals surface area contributed by atoms with Crippen molar-refractivity contribution in [2.75, 3.05) is 7.11 Å². The van der Waals surface area contributed by atoms with Crippen molar-refractivity contribution >= 4 is 5.91 Å². The molecular weight excluding hydrogens is 284 g/mol. The van der Waals surface area contributed by atoms with Gasteiger partial charge in [0.2, 0.25) is 5.89 Å². The van der Waals surface area contributed by atoms with Gasteiger partial charge in [0.25, 0.3) is 5.91 Å². The standard InChI is InChI=1S/C16H20N2O4/c1-16(2,3)18-15(19)13-9-22-14(17-13)10-21-12-7-5-11(20-4)6-8-12/h5-9H,10H2,1-4H3,(H,18,19). The van der Waals surface area contributed by atoms with Crippen molar-refractivity contribution in [1.82, 2.24) is 10.3 Å². The number of nitrogens with zero attached hydrogens (tertiary/aromatic N) is 1. The molecule has 2 aromatic rings. The molecule has 1 aromatic carbocycles. The second-order valence-corrected chi connectivity index (χ2v) is 5.79. The normalized spacial score (nSPS) is 11.1. The van der Waals surface area contributed by atoms with Gasteiger partial charge < -0.3 is 19.2 Å². The topological polar surface area (TPSA) is 73.6 Å². The lowest BCUT2D eigenvalue weighted by Crippen LogP contribution is -2.40. The maximum absolute atomic E-state index is 11.9. The van der Waals surface area contributed by atoms with Crippen molar-refractivity contribution in [1.29, 1.82) is 0 Å². The SMILES string of the molecule is COc1ccc(OCc2nc(C(=O)NC(C)(C)C)co2)cc1. The van der Waals surface area contributed by atoms with Crippen LogP contribution >= 0.6 is 0 Å². The lowest BCUT2D eigenvalue weighted by molar-refractivity contribution is 0.0914. The summed E-state index contributed by atoms with van der Waals surface area (Å²) in [4.78, 5) is 16.0. The van der Waals surface area contributed by atoms with Crippen LogP contribution in [0.4, 0.5) is 0 Å². The zero-order chi connectivity index (χ0) is 16.2. The molecule has 0 saturated heterocycles. The van der Waals surface area contributed by atoms with Gasteiger partial charge in [0.1, 0.15) is 17.8 Å². The molecule has 1 N–H and O–H groups in total. The largest absolute Gasteiger partial charge is 0.497 e. The highest BCUT2D eigenvalue weighted by Crippen LogP contribution is 2.18. The Labute approximate surface area is 129 Å². The third-order valence-electron chi connectivity index (χ3n) is 2.69. The van der Waals surface area contributed by atoms with Gasteiger partial charge >= 0.3 is 0 Å². The lowest BCUT2D eigenvalue weighted by atomic mass is 10.1. The van der Waals surface area contributed by atoms with E-state index >= 15 is 0 Å². The molecule has 0 aliphatic carbocycles. The summed E-state index contributed by atoms with van der Waals surface area (Å²) in [5.74, 6) is 1.49. The van der Waals surface area contributed by atoms with Crippen LogP contribution < -0.4 is 14.8 Å². The molecule has 0 radical (unpaired) electrons. The fourth-order valence-electron chi connectivity index (χ4n) is 1.70. The second kappa shape index (κ2) is 6.51. The predicted octanol–water partition coefficient (Wildman–Crippen LogP) is 2.79. The van der Waals surface area contributed by atoms with E-state index in [0.717, 1.165) is 5.75 Å². The molecule has 0 spiro atoms. The van der Waals surface area contributed by atoms with Crippen LogP contribution in [-0.4, -0.2) is 23.5 Å². The number of amides is 1. The van der Waals surface area contributed by atoms with Gasteiger partial charge in [0.05, 0.1) is 7.11 Å². The van der Waals surface area contributed by atoms with Gasteiger partial charge in [-0.05, 0) is 45.0 Å². The van der Waals surface area contributed by atoms with Gasteiger partial charge in [-0.15, -0.1) is 0 Å². The average Bonchev–Trinajstić information content (AvgIpc) is 2.93. The fraction of sp³-hybridized carbons (Fsp3) is 0.375. The molecule has 0 bridgehead atoms. The second-order valence-electron chi connectivity index (χ2n) is 5.79. The highest BCUT2D eigenvalue weighted by atomic mass is 16.5. The number of carbonyl (C=O) groups excluding carboxylic acids is 1. The van der Waals surface area contributed by atoms with Gasteiger partial charge in [0.15, 0.2) is 12.3 Å². The zero-order valence-electron chi connectivity index (χ0n) is 13.2. The van der Waals surface area contributed by atoms with Gasteiger partial charge in [-0.2, -0.15) is 0 Å². The lowest BCUT2D eigenvalue weighted by Gasteiger charge is -2.19. The molecule has 0 fully saturated rings. The Bertz CT molecular complexity index is 626. The molecule has 0 saturated carbocycles. The van der Waals surface area contributed by atoms with E-state index in [1.54, 1.807) is 31.4 Å². The molecule has 0 aliphatic heterocycles. The third-order valence-corrected chi connectivity index (χ3v) is 2.69. The van der Waals surface area contributed by atoms with E-state index in [2.05, 4.69) is 10.3 Å². The van der Waals surface area contributed by atoms with Crippen LogP contribution in [0.25, 0.3) is 0 Å². The molecule has 6 heteroatoms. The highest BCUT2D eigenvalue weighted by Gasteiger charge is 2.18. The number of nitrogens with one attached hydrogen (secondary N) is 1. The van der Waals surface area contributed by atoms with E-state index in [4.69, 9.17) is 13.9 Å². The first-order valence-corrected chi connectivity index (χ1v) is 6.91. The number of carbonyl (C=O) groups is 1. The number of benzene rings is 1. The zero-order valence-corrected chi connectivity index (χ0v) is 13.2. The number of hydrogen-bond donors (Lipinski definition) is 1. The first-order valence-electron chi connectivity index (χ1n) is 6.91. The number of methoxy groups -OCH3 is 1. The first-order chi connectivity index (χ1) is 10.4. The number of oxazole rings is 1. The van der Waals surface area contributed by atoms with Crippen LogP contribution in [0.1, 0.15) is 37.2 Å². The Morgan fingerprint density at radius 2 is 1.86 bits per heavy atom. The molecular formula is C16H20N2O4. The van der Waals surface area contributed by atoms with E-state index in [0.29, 0.717) is 11.6 Å². The number of rotatable bonds is 5. The number of ether oxygens (including phenoxy) is 2. The molecule has 6 nitrogen and oxygen atoms in total. The summed E-state index contributed by atoms with van der Waals surface area (Å²) in [6, 6.07) is 7.17. The monoisotopic (exact) mass is 304 g/mol. The van der Waals surface area contributed by atoms with Gasteiger partial charge in [-0.1, -0.05) is 0 Å². The quantitative estimate of drug-likeness (QED) is 0.919. The molecule has 0 atom stereocenters. The van der Waals surface area contributed by atoms with E-state index in [1.165, 1.54) is 6.26 Å². The van der Waals surface area contributed by atoms with Crippen LogP contribution in [0.3, 0.4) is 0 Å². The fourth-order valence-corrected chi connectivity index (χ4v) is 1.70. The van der Waals surface area contributed by atoms with Crippen LogP contribution in [0.2, 0.25) is 0 Å². The predicted molar refractivity (Wildman–Crippen MR) is 81.0 cm³/mol. The minimum Gasteiger partial charge on any atom is -0.497 e. The minimum absolute atomic E-state index is 0.148. The van der Waals surface area contributed by atoms with E-state index in [1.807, 2.05) is 20.8 Å². The van der Waals surface area contributed by atoms with Crippen molar-refractivity contribution in [3.63, 3.8) is 0 Å². The molecule has 0 unspecified atom stereocenters. The summed E-state index contributed by atoms with van der Waals surface area (Å²) < 4.78 is 15.9. The summed E-state index contributed by atoms with van der Waals surface area (Å²) in [7, 11) is 1.60. The molecule has 1 aromatic heterocycles. The van der Waals surface area contributed by atoms with Gasteiger partial charge in [0, 0.05) is 5.54 Å². The van der Waals surface area contributed by atoms with Gasteiger partial charge in [-0.3, -0.25) is 4.79 Å². The van der Waals surface area contributed by atoms with Crippen LogP contribution in [0.5, 0.6) is 11.5 Å². The molecule has 1 heterocycles. The van der Waals surface area contributed by atoms with Crippen LogP contribution in [-0.2, 0) is 6.61 Å². The van der Waals surface area contributed by atoms with E-state index in [9.17, 15) is 4.79 Å². The third kappa shape index (κ3) is 4.51. The van der Waals surface area contributed by atoms with Crippen LogP contribution in [0, 0.1) is 0 Å². The smallest absolute Gasteiger partial charge is 0.273 e. The average molecular weight is 304 g/mol. The Hall–Kier alpha value is -2.50. The summed E-state index contributed by atoms with van der Waals surface area (Å²) in [5, 5.41) is 2.82. The Balaban J connectivity index is 1.92. The van der Waals surface area contributed by atoms with E-state index in [-0.39, 0.29) is 23.7 Å². The molecule has 2 rings (SSSR count). The van der Waals surface area contributed by atoms with Crippen LogP contribution in [0.15, 0.2) is 34.9 Å².